The lowest BCUT2D eigenvalue weighted by Gasteiger charge is -2.35. The molecule has 5 heteroatoms. The van der Waals surface area contributed by atoms with Crippen LogP contribution in [-0.2, 0) is 11.3 Å². The molecule has 0 radical (unpaired) electrons. The van der Waals surface area contributed by atoms with Crippen LogP contribution in [0.1, 0.15) is 11.3 Å². The third kappa shape index (κ3) is 4.36. The standard InChI is InChI=1S/C18H23N3O2/c1-15-4-2-5-16(12-15)21-9-7-20(8-10-21)14-18(22)19-13-17-6-3-11-23-17/h2-6,11-12H,7-10,13-14H2,1H3,(H,19,22). The van der Waals surface area contributed by atoms with Crippen LogP contribution in [0.4, 0.5) is 5.69 Å². The molecule has 1 aliphatic rings. The predicted octanol–water partition coefficient (Wildman–Crippen LogP) is 2.03. The van der Waals surface area contributed by atoms with Crippen molar-refractivity contribution >= 4 is 11.6 Å². The molecule has 1 N–H and O–H groups in total. The Hall–Kier alpha value is -2.27. The van der Waals surface area contributed by atoms with Crippen LogP contribution in [0.25, 0.3) is 0 Å². The second-order valence-electron chi connectivity index (χ2n) is 5.96. The first-order valence-electron chi connectivity index (χ1n) is 8.04. The molecule has 1 amide bonds. The number of aryl methyl sites for hydroxylation is 1. The third-order valence-corrected chi connectivity index (χ3v) is 4.15. The van der Waals surface area contributed by atoms with Gasteiger partial charge in [-0.3, -0.25) is 9.69 Å². The highest BCUT2D eigenvalue weighted by Gasteiger charge is 2.19. The van der Waals surface area contributed by atoms with E-state index in [1.165, 1.54) is 11.3 Å². The summed E-state index contributed by atoms with van der Waals surface area (Å²) in [6.07, 6.45) is 1.62. The van der Waals surface area contributed by atoms with Gasteiger partial charge in [0.2, 0.25) is 5.91 Å². The molecule has 0 atom stereocenters. The first kappa shape index (κ1) is 15.6. The van der Waals surface area contributed by atoms with Crippen molar-refractivity contribution in [1.29, 1.82) is 0 Å². The van der Waals surface area contributed by atoms with Crippen molar-refractivity contribution in [2.45, 2.75) is 13.5 Å². The van der Waals surface area contributed by atoms with E-state index in [-0.39, 0.29) is 5.91 Å². The summed E-state index contributed by atoms with van der Waals surface area (Å²) in [4.78, 5) is 16.6. The summed E-state index contributed by atoms with van der Waals surface area (Å²) in [5.74, 6) is 0.827. The van der Waals surface area contributed by atoms with E-state index in [4.69, 9.17) is 4.42 Å². The highest BCUT2D eigenvalue weighted by molar-refractivity contribution is 5.78. The molecular weight excluding hydrogens is 290 g/mol. The van der Waals surface area contributed by atoms with Gasteiger partial charge in [-0.2, -0.15) is 0 Å². The fourth-order valence-corrected chi connectivity index (χ4v) is 2.85. The monoisotopic (exact) mass is 313 g/mol. The summed E-state index contributed by atoms with van der Waals surface area (Å²) < 4.78 is 5.21. The molecule has 0 saturated carbocycles. The Balaban J connectivity index is 1.43. The number of anilines is 1. The van der Waals surface area contributed by atoms with Gasteiger partial charge in [0.25, 0.3) is 0 Å². The number of amides is 1. The van der Waals surface area contributed by atoms with E-state index in [1.807, 2.05) is 12.1 Å². The molecule has 1 aliphatic heterocycles. The zero-order valence-electron chi connectivity index (χ0n) is 13.5. The number of piperazine rings is 1. The minimum atomic E-state index is 0.0467. The SMILES string of the molecule is Cc1cccc(N2CCN(CC(=O)NCc3ccco3)CC2)c1. The van der Waals surface area contributed by atoms with Gasteiger partial charge in [0.15, 0.2) is 0 Å². The number of nitrogens with zero attached hydrogens (tertiary/aromatic N) is 2. The van der Waals surface area contributed by atoms with E-state index in [9.17, 15) is 4.79 Å². The molecule has 1 aromatic carbocycles. The van der Waals surface area contributed by atoms with E-state index in [0.717, 1.165) is 31.9 Å². The van der Waals surface area contributed by atoms with Crippen molar-refractivity contribution in [2.24, 2.45) is 0 Å². The van der Waals surface area contributed by atoms with Crippen LogP contribution in [0.5, 0.6) is 0 Å². The maximum atomic E-state index is 12.0. The molecule has 0 aliphatic carbocycles. The predicted molar refractivity (Wildman–Crippen MR) is 90.4 cm³/mol. The van der Waals surface area contributed by atoms with Crippen LogP contribution >= 0.6 is 0 Å². The van der Waals surface area contributed by atoms with E-state index >= 15 is 0 Å². The normalized spacial score (nSPS) is 15.6. The largest absolute Gasteiger partial charge is 0.467 e. The average molecular weight is 313 g/mol. The molecule has 1 aromatic heterocycles. The first-order chi connectivity index (χ1) is 11.2. The van der Waals surface area contributed by atoms with Gasteiger partial charge in [-0.15, -0.1) is 0 Å². The van der Waals surface area contributed by atoms with Crippen molar-refractivity contribution in [3.05, 3.63) is 54.0 Å². The topological polar surface area (TPSA) is 48.7 Å². The van der Waals surface area contributed by atoms with Crippen LogP contribution in [0.2, 0.25) is 0 Å². The van der Waals surface area contributed by atoms with Gasteiger partial charge >= 0.3 is 0 Å². The lowest BCUT2D eigenvalue weighted by Crippen LogP contribution is -2.49. The Bertz CT molecular complexity index is 631. The maximum absolute atomic E-state index is 12.0. The minimum Gasteiger partial charge on any atom is -0.467 e. The summed E-state index contributed by atoms with van der Waals surface area (Å²) in [7, 11) is 0. The molecule has 0 spiro atoms. The van der Waals surface area contributed by atoms with Gasteiger partial charge in [-0.05, 0) is 36.8 Å². The van der Waals surface area contributed by atoms with Crippen LogP contribution in [0.3, 0.4) is 0 Å². The van der Waals surface area contributed by atoms with Gasteiger partial charge in [0.05, 0.1) is 19.4 Å². The highest BCUT2D eigenvalue weighted by Crippen LogP contribution is 2.17. The second kappa shape index (κ2) is 7.33. The highest BCUT2D eigenvalue weighted by atomic mass is 16.3. The fraction of sp³-hybridized carbons (Fsp3) is 0.389. The number of hydrogen-bond donors (Lipinski definition) is 1. The van der Waals surface area contributed by atoms with Gasteiger partial charge in [0.1, 0.15) is 5.76 Å². The number of nitrogens with one attached hydrogen (secondary N) is 1. The molecule has 0 bridgehead atoms. The third-order valence-electron chi connectivity index (χ3n) is 4.15. The van der Waals surface area contributed by atoms with Crippen molar-refractivity contribution < 1.29 is 9.21 Å². The molecular formula is C18H23N3O2. The first-order valence-corrected chi connectivity index (χ1v) is 8.04. The van der Waals surface area contributed by atoms with Crippen molar-refractivity contribution in [3.8, 4) is 0 Å². The van der Waals surface area contributed by atoms with Crippen molar-refractivity contribution in [2.75, 3.05) is 37.6 Å². The molecule has 23 heavy (non-hydrogen) atoms. The Kier molecular flexibility index (Phi) is 4.98. The molecule has 1 saturated heterocycles. The maximum Gasteiger partial charge on any atom is 0.234 e. The van der Waals surface area contributed by atoms with Crippen molar-refractivity contribution in [3.63, 3.8) is 0 Å². The molecule has 5 nitrogen and oxygen atoms in total. The van der Waals surface area contributed by atoms with E-state index in [0.29, 0.717) is 13.1 Å². The van der Waals surface area contributed by atoms with E-state index in [2.05, 4.69) is 46.3 Å². The summed E-state index contributed by atoms with van der Waals surface area (Å²) >= 11 is 0. The Morgan fingerprint density at radius 2 is 2.00 bits per heavy atom. The molecule has 122 valence electrons. The molecule has 0 unspecified atom stereocenters. The molecule has 2 heterocycles. The lowest BCUT2D eigenvalue weighted by atomic mass is 10.2. The van der Waals surface area contributed by atoms with E-state index < -0.39 is 0 Å². The average Bonchev–Trinajstić information content (AvgIpc) is 3.07. The summed E-state index contributed by atoms with van der Waals surface area (Å²) in [6, 6.07) is 12.3. The minimum absolute atomic E-state index is 0.0467. The zero-order valence-corrected chi connectivity index (χ0v) is 13.5. The van der Waals surface area contributed by atoms with Gasteiger partial charge in [-0.25, -0.2) is 0 Å². The van der Waals surface area contributed by atoms with E-state index in [1.54, 1.807) is 6.26 Å². The van der Waals surface area contributed by atoms with Gasteiger partial charge in [-0.1, -0.05) is 12.1 Å². The number of benzene rings is 1. The quantitative estimate of drug-likeness (QED) is 0.917. The van der Waals surface area contributed by atoms with Crippen LogP contribution < -0.4 is 10.2 Å². The Morgan fingerprint density at radius 1 is 1.17 bits per heavy atom. The Morgan fingerprint density at radius 3 is 2.70 bits per heavy atom. The smallest absolute Gasteiger partial charge is 0.234 e. The number of rotatable bonds is 5. The fourth-order valence-electron chi connectivity index (χ4n) is 2.85. The number of carbonyl (C=O) groups excluding carboxylic acids is 1. The van der Waals surface area contributed by atoms with Crippen LogP contribution in [-0.4, -0.2) is 43.5 Å². The molecule has 3 rings (SSSR count). The number of carbonyl (C=O) groups is 1. The number of furan rings is 1. The summed E-state index contributed by atoms with van der Waals surface area (Å²) in [5.41, 5.74) is 2.55. The molecule has 1 fully saturated rings. The Labute approximate surface area is 136 Å². The van der Waals surface area contributed by atoms with Crippen molar-refractivity contribution in [1.82, 2.24) is 10.2 Å². The lowest BCUT2D eigenvalue weighted by molar-refractivity contribution is -0.122. The zero-order chi connectivity index (χ0) is 16.1. The second-order valence-corrected chi connectivity index (χ2v) is 5.96. The van der Waals surface area contributed by atoms with Gasteiger partial charge in [0, 0.05) is 31.9 Å². The summed E-state index contributed by atoms with van der Waals surface area (Å²) in [6.45, 7) is 6.73. The van der Waals surface area contributed by atoms with Crippen LogP contribution in [0, 0.1) is 6.92 Å². The van der Waals surface area contributed by atoms with Crippen LogP contribution in [0.15, 0.2) is 47.1 Å². The molecule has 2 aromatic rings. The summed E-state index contributed by atoms with van der Waals surface area (Å²) in [5, 5.41) is 2.89. The van der Waals surface area contributed by atoms with Gasteiger partial charge < -0.3 is 14.6 Å². The number of hydrogen-bond acceptors (Lipinski definition) is 4.